The average molecular weight is 348 g/mol. The molecule has 2 rings (SSSR count). The van der Waals surface area contributed by atoms with E-state index in [0.29, 0.717) is 11.8 Å². The molecule has 2 nitrogen and oxygen atoms in total. The normalized spacial score (nSPS) is 11.0. The van der Waals surface area contributed by atoms with E-state index in [4.69, 9.17) is 12.2 Å². The van der Waals surface area contributed by atoms with Crippen molar-refractivity contribution in [2.24, 2.45) is 0 Å². The molecule has 0 bridgehead atoms. The summed E-state index contributed by atoms with van der Waals surface area (Å²) in [6, 6.07) is 9.49. The van der Waals surface area contributed by atoms with E-state index in [2.05, 4.69) is 50.5 Å². The van der Waals surface area contributed by atoms with Crippen LogP contribution in [0.1, 0.15) is 50.7 Å². The Kier molecular flexibility index (Phi) is 5.89. The first-order valence-corrected chi connectivity index (χ1v) is 8.36. The predicted molar refractivity (Wildman–Crippen MR) is 101 cm³/mol. The first kappa shape index (κ1) is 18.3. The molecular formula is C19H22F2N2S. The van der Waals surface area contributed by atoms with Crippen LogP contribution in [0.3, 0.4) is 0 Å². The van der Waals surface area contributed by atoms with Gasteiger partial charge in [-0.25, -0.2) is 8.78 Å². The summed E-state index contributed by atoms with van der Waals surface area (Å²) in [5.41, 5.74) is 3.37. The van der Waals surface area contributed by atoms with Crippen LogP contribution in [0.2, 0.25) is 0 Å². The summed E-state index contributed by atoms with van der Waals surface area (Å²) < 4.78 is 26.8. The monoisotopic (exact) mass is 348 g/mol. The lowest BCUT2D eigenvalue weighted by atomic mass is 9.93. The number of benzene rings is 2. The van der Waals surface area contributed by atoms with Gasteiger partial charge in [-0.2, -0.15) is 0 Å². The van der Waals surface area contributed by atoms with Gasteiger partial charge >= 0.3 is 0 Å². The van der Waals surface area contributed by atoms with Crippen LogP contribution in [0.25, 0.3) is 0 Å². The van der Waals surface area contributed by atoms with E-state index >= 15 is 0 Å². The van der Waals surface area contributed by atoms with Gasteiger partial charge in [-0.1, -0.05) is 45.9 Å². The minimum absolute atomic E-state index is 0.141. The Labute approximate surface area is 147 Å². The Morgan fingerprint density at radius 2 is 1.50 bits per heavy atom. The number of para-hydroxylation sites is 1. The quantitative estimate of drug-likeness (QED) is 0.661. The average Bonchev–Trinajstić information content (AvgIpc) is 2.49. The van der Waals surface area contributed by atoms with Crippen molar-refractivity contribution >= 4 is 28.7 Å². The molecule has 0 spiro atoms. The van der Waals surface area contributed by atoms with Crippen LogP contribution in [0.15, 0.2) is 36.4 Å². The molecule has 0 atom stereocenters. The second kappa shape index (κ2) is 7.71. The molecule has 0 fully saturated rings. The number of anilines is 2. The van der Waals surface area contributed by atoms with E-state index < -0.39 is 11.6 Å². The van der Waals surface area contributed by atoms with E-state index in [9.17, 15) is 8.78 Å². The summed E-state index contributed by atoms with van der Waals surface area (Å²) in [6.45, 7) is 8.45. The molecule has 0 aliphatic carbocycles. The summed E-state index contributed by atoms with van der Waals surface area (Å²) in [5, 5.41) is 6.26. The zero-order chi connectivity index (χ0) is 17.9. The van der Waals surface area contributed by atoms with Crippen LogP contribution in [0, 0.1) is 11.6 Å². The maximum absolute atomic E-state index is 13.8. The minimum Gasteiger partial charge on any atom is -0.332 e. The summed E-state index contributed by atoms with van der Waals surface area (Å²) in [5.74, 6) is -0.669. The summed E-state index contributed by atoms with van der Waals surface area (Å²) in [6.07, 6.45) is 0. The van der Waals surface area contributed by atoms with Crippen LogP contribution in [-0.2, 0) is 0 Å². The van der Waals surface area contributed by atoms with Gasteiger partial charge in [0.1, 0.15) is 11.6 Å². The third kappa shape index (κ3) is 4.29. The Bertz CT molecular complexity index is 716. The molecule has 0 aliphatic heterocycles. The molecule has 128 valence electrons. The molecule has 0 aliphatic rings. The topological polar surface area (TPSA) is 24.1 Å². The molecule has 0 amide bonds. The van der Waals surface area contributed by atoms with Crippen molar-refractivity contribution in [1.82, 2.24) is 0 Å². The van der Waals surface area contributed by atoms with E-state index in [-0.39, 0.29) is 10.8 Å². The van der Waals surface area contributed by atoms with Gasteiger partial charge in [0.25, 0.3) is 0 Å². The van der Waals surface area contributed by atoms with Crippen LogP contribution >= 0.6 is 12.2 Å². The lowest BCUT2D eigenvalue weighted by molar-refractivity contribution is 0.586. The maximum atomic E-state index is 13.8. The molecule has 2 aromatic carbocycles. The van der Waals surface area contributed by atoms with Crippen molar-refractivity contribution in [1.29, 1.82) is 0 Å². The largest absolute Gasteiger partial charge is 0.332 e. The molecule has 0 heterocycles. The van der Waals surface area contributed by atoms with Gasteiger partial charge in [0.2, 0.25) is 0 Å². The summed E-state index contributed by atoms with van der Waals surface area (Å²) in [7, 11) is 0. The van der Waals surface area contributed by atoms with Crippen molar-refractivity contribution < 1.29 is 8.78 Å². The number of hydrogen-bond acceptors (Lipinski definition) is 1. The molecule has 2 aromatic rings. The van der Waals surface area contributed by atoms with Gasteiger partial charge in [-0.3, -0.25) is 0 Å². The molecular weight excluding hydrogens is 326 g/mol. The highest BCUT2D eigenvalue weighted by molar-refractivity contribution is 7.80. The van der Waals surface area contributed by atoms with Gasteiger partial charge in [0.15, 0.2) is 5.11 Å². The van der Waals surface area contributed by atoms with Gasteiger partial charge in [0, 0.05) is 11.8 Å². The van der Waals surface area contributed by atoms with Crippen LogP contribution in [0.5, 0.6) is 0 Å². The van der Waals surface area contributed by atoms with E-state index in [1.807, 2.05) is 6.07 Å². The van der Waals surface area contributed by atoms with Gasteiger partial charge in [-0.15, -0.1) is 0 Å². The fourth-order valence-corrected chi connectivity index (χ4v) is 2.77. The number of hydrogen-bond donors (Lipinski definition) is 2. The van der Waals surface area contributed by atoms with E-state index in [1.54, 1.807) is 0 Å². The third-order valence-corrected chi connectivity index (χ3v) is 3.99. The molecule has 2 N–H and O–H groups in total. The van der Waals surface area contributed by atoms with Crippen molar-refractivity contribution in [3.05, 3.63) is 59.2 Å². The predicted octanol–water partition coefficient (Wildman–Crippen LogP) is 6.02. The Hall–Kier alpha value is -2.01. The van der Waals surface area contributed by atoms with Gasteiger partial charge in [-0.05, 0) is 47.3 Å². The second-order valence-corrected chi connectivity index (χ2v) is 6.73. The van der Waals surface area contributed by atoms with Crippen molar-refractivity contribution in [2.75, 3.05) is 10.6 Å². The molecule has 0 aromatic heterocycles. The second-order valence-electron chi connectivity index (χ2n) is 6.32. The number of nitrogens with one attached hydrogen (secondary N) is 2. The highest BCUT2D eigenvalue weighted by atomic mass is 32.1. The van der Waals surface area contributed by atoms with Crippen molar-refractivity contribution in [3.8, 4) is 0 Å². The van der Waals surface area contributed by atoms with Crippen molar-refractivity contribution in [3.63, 3.8) is 0 Å². The van der Waals surface area contributed by atoms with E-state index in [0.717, 1.165) is 22.9 Å². The lowest BCUT2D eigenvalue weighted by Crippen LogP contribution is -2.22. The van der Waals surface area contributed by atoms with Gasteiger partial charge < -0.3 is 10.6 Å². The first-order chi connectivity index (χ1) is 11.3. The smallest absolute Gasteiger partial charge is 0.175 e. The molecule has 0 saturated heterocycles. The molecule has 5 heteroatoms. The zero-order valence-electron chi connectivity index (χ0n) is 14.3. The standard InChI is InChI=1S/C19H22F2N2S/c1-11(2)14-6-5-7-15(12(3)4)18(14)23-19(24)22-17-9-8-13(20)10-16(17)21/h5-12H,1-4H3,(H2,22,23,24). The van der Waals surface area contributed by atoms with Crippen LogP contribution < -0.4 is 10.6 Å². The molecule has 0 unspecified atom stereocenters. The van der Waals surface area contributed by atoms with Gasteiger partial charge in [0.05, 0.1) is 5.69 Å². The van der Waals surface area contributed by atoms with Crippen LogP contribution in [-0.4, -0.2) is 5.11 Å². The highest BCUT2D eigenvalue weighted by Gasteiger charge is 2.15. The summed E-state index contributed by atoms with van der Waals surface area (Å²) >= 11 is 5.32. The van der Waals surface area contributed by atoms with E-state index in [1.165, 1.54) is 12.1 Å². The minimum atomic E-state index is -0.680. The fourth-order valence-electron chi connectivity index (χ4n) is 2.55. The summed E-state index contributed by atoms with van der Waals surface area (Å²) in [4.78, 5) is 0. The number of halogens is 2. The highest BCUT2D eigenvalue weighted by Crippen LogP contribution is 2.32. The lowest BCUT2D eigenvalue weighted by Gasteiger charge is -2.21. The first-order valence-electron chi connectivity index (χ1n) is 7.95. The number of rotatable bonds is 4. The Morgan fingerprint density at radius 3 is 2.00 bits per heavy atom. The van der Waals surface area contributed by atoms with Crippen LogP contribution in [0.4, 0.5) is 20.2 Å². The zero-order valence-corrected chi connectivity index (χ0v) is 15.1. The number of thiocarbonyl (C=S) groups is 1. The molecule has 0 saturated carbocycles. The third-order valence-electron chi connectivity index (χ3n) is 3.79. The fraction of sp³-hybridized carbons (Fsp3) is 0.316. The molecule has 24 heavy (non-hydrogen) atoms. The maximum Gasteiger partial charge on any atom is 0.175 e. The molecule has 0 radical (unpaired) electrons. The van der Waals surface area contributed by atoms with Crippen molar-refractivity contribution in [2.45, 2.75) is 39.5 Å². The Morgan fingerprint density at radius 1 is 0.917 bits per heavy atom. The Balaban J connectivity index is 2.28. The SMILES string of the molecule is CC(C)c1cccc(C(C)C)c1NC(=S)Nc1ccc(F)cc1F.